The lowest BCUT2D eigenvalue weighted by Gasteiger charge is -2.23. The third-order valence-electron chi connectivity index (χ3n) is 5.51. The molecular formula is C25H36N4O4. The molecule has 0 saturated heterocycles. The van der Waals surface area contributed by atoms with Gasteiger partial charge in [-0.05, 0) is 54.5 Å². The number of unbranched alkanes of at least 4 members (excludes halogenated alkanes) is 1. The molecule has 2 aromatic carbocycles. The number of amides is 2. The number of carbonyl (C=O) groups excluding carboxylic acids is 2. The fourth-order valence-corrected chi connectivity index (χ4v) is 3.73. The van der Waals surface area contributed by atoms with Crippen molar-refractivity contribution in [3.05, 3.63) is 48.0 Å². The molecular weight excluding hydrogens is 420 g/mol. The Morgan fingerprint density at radius 2 is 1.61 bits per heavy atom. The van der Waals surface area contributed by atoms with Gasteiger partial charge in [0.05, 0.1) is 6.04 Å². The summed E-state index contributed by atoms with van der Waals surface area (Å²) in [6, 6.07) is 10.9. The zero-order valence-corrected chi connectivity index (χ0v) is 19.4. The molecule has 0 bridgehead atoms. The van der Waals surface area contributed by atoms with Crippen LogP contribution in [0.3, 0.4) is 0 Å². The topological polar surface area (TPSA) is 148 Å². The SMILES string of the molecule is CC(C)C[C@H](N)C(=O)N[C@@H](Cc1ccc2ccccc2c1)C(=O)N[C@@H](CCCCN)C(=O)O. The van der Waals surface area contributed by atoms with Crippen LogP contribution in [0.2, 0.25) is 0 Å². The van der Waals surface area contributed by atoms with Gasteiger partial charge < -0.3 is 27.2 Å². The molecule has 180 valence electrons. The summed E-state index contributed by atoms with van der Waals surface area (Å²) in [5.41, 5.74) is 12.4. The Morgan fingerprint density at radius 1 is 0.939 bits per heavy atom. The van der Waals surface area contributed by atoms with E-state index >= 15 is 0 Å². The number of hydrogen-bond donors (Lipinski definition) is 5. The highest BCUT2D eigenvalue weighted by Crippen LogP contribution is 2.17. The molecule has 33 heavy (non-hydrogen) atoms. The Kier molecular flexibility index (Phi) is 10.3. The number of fused-ring (bicyclic) bond motifs is 1. The minimum Gasteiger partial charge on any atom is -0.480 e. The molecule has 0 aliphatic carbocycles. The van der Waals surface area contributed by atoms with Gasteiger partial charge in [-0.3, -0.25) is 9.59 Å². The maximum absolute atomic E-state index is 13.1. The number of aliphatic carboxylic acids is 1. The lowest BCUT2D eigenvalue weighted by Crippen LogP contribution is -2.55. The van der Waals surface area contributed by atoms with Gasteiger partial charge in [-0.1, -0.05) is 56.3 Å². The van der Waals surface area contributed by atoms with Gasteiger partial charge in [-0.2, -0.15) is 0 Å². The average Bonchev–Trinajstić information content (AvgIpc) is 2.77. The number of benzene rings is 2. The molecule has 0 unspecified atom stereocenters. The highest BCUT2D eigenvalue weighted by molar-refractivity contribution is 5.92. The van der Waals surface area contributed by atoms with Gasteiger partial charge in [0.15, 0.2) is 0 Å². The van der Waals surface area contributed by atoms with Crippen LogP contribution >= 0.6 is 0 Å². The molecule has 0 saturated carbocycles. The van der Waals surface area contributed by atoms with E-state index in [2.05, 4.69) is 10.6 Å². The molecule has 0 aliphatic heterocycles. The maximum Gasteiger partial charge on any atom is 0.326 e. The number of hydrogen-bond acceptors (Lipinski definition) is 5. The number of nitrogens with one attached hydrogen (secondary N) is 2. The number of carboxylic acids is 1. The molecule has 8 heteroatoms. The molecule has 2 rings (SSSR count). The van der Waals surface area contributed by atoms with Crippen molar-refractivity contribution in [1.82, 2.24) is 10.6 Å². The Labute approximate surface area is 195 Å². The molecule has 2 amide bonds. The smallest absolute Gasteiger partial charge is 0.326 e. The van der Waals surface area contributed by atoms with E-state index in [0.717, 1.165) is 16.3 Å². The molecule has 8 nitrogen and oxygen atoms in total. The summed E-state index contributed by atoms with van der Waals surface area (Å²) in [6.07, 6.45) is 2.20. The van der Waals surface area contributed by atoms with Crippen LogP contribution in [-0.4, -0.2) is 47.6 Å². The van der Waals surface area contributed by atoms with Crippen LogP contribution in [-0.2, 0) is 20.8 Å². The number of carboxylic acid groups (broad SMARTS) is 1. The minimum atomic E-state index is -1.12. The molecule has 0 radical (unpaired) electrons. The lowest BCUT2D eigenvalue weighted by molar-refractivity contribution is -0.142. The van der Waals surface area contributed by atoms with Crippen molar-refractivity contribution < 1.29 is 19.5 Å². The van der Waals surface area contributed by atoms with Crippen molar-refractivity contribution in [3.8, 4) is 0 Å². The zero-order valence-electron chi connectivity index (χ0n) is 19.4. The van der Waals surface area contributed by atoms with Crippen LogP contribution < -0.4 is 22.1 Å². The predicted octanol–water partition coefficient (Wildman–Crippen LogP) is 1.94. The second-order valence-electron chi connectivity index (χ2n) is 8.87. The van der Waals surface area contributed by atoms with Crippen LogP contribution in [0.15, 0.2) is 42.5 Å². The minimum absolute atomic E-state index is 0.214. The molecule has 0 aliphatic rings. The van der Waals surface area contributed by atoms with Crippen molar-refractivity contribution in [3.63, 3.8) is 0 Å². The normalized spacial score (nSPS) is 14.0. The first kappa shape index (κ1) is 26.3. The molecule has 3 atom stereocenters. The van der Waals surface area contributed by atoms with Crippen molar-refractivity contribution in [2.75, 3.05) is 6.54 Å². The van der Waals surface area contributed by atoms with Crippen molar-refractivity contribution >= 4 is 28.6 Å². The second kappa shape index (κ2) is 12.9. The molecule has 7 N–H and O–H groups in total. The van der Waals surface area contributed by atoms with Gasteiger partial charge in [-0.25, -0.2) is 4.79 Å². The largest absolute Gasteiger partial charge is 0.480 e. The number of rotatable bonds is 13. The predicted molar refractivity (Wildman–Crippen MR) is 129 cm³/mol. The summed E-state index contributed by atoms with van der Waals surface area (Å²) in [7, 11) is 0. The van der Waals surface area contributed by atoms with Crippen LogP contribution in [0, 0.1) is 5.92 Å². The Bertz CT molecular complexity index is 947. The van der Waals surface area contributed by atoms with Gasteiger partial charge in [0, 0.05) is 6.42 Å². The average molecular weight is 457 g/mol. The van der Waals surface area contributed by atoms with Gasteiger partial charge in [0.25, 0.3) is 0 Å². The van der Waals surface area contributed by atoms with E-state index in [-0.39, 0.29) is 18.8 Å². The monoisotopic (exact) mass is 456 g/mol. The van der Waals surface area contributed by atoms with E-state index in [0.29, 0.717) is 25.8 Å². The maximum atomic E-state index is 13.1. The van der Waals surface area contributed by atoms with E-state index in [9.17, 15) is 19.5 Å². The molecule has 2 aromatic rings. The summed E-state index contributed by atoms with van der Waals surface area (Å²) in [5, 5.41) is 16.9. The second-order valence-corrected chi connectivity index (χ2v) is 8.87. The molecule has 0 spiro atoms. The van der Waals surface area contributed by atoms with Crippen LogP contribution in [0.25, 0.3) is 10.8 Å². The number of nitrogens with two attached hydrogens (primary N) is 2. The summed E-state index contributed by atoms with van der Waals surface area (Å²) in [6.45, 7) is 4.38. The van der Waals surface area contributed by atoms with Gasteiger partial charge in [-0.15, -0.1) is 0 Å². The number of carbonyl (C=O) groups is 3. The van der Waals surface area contributed by atoms with Crippen LogP contribution in [0.1, 0.15) is 45.1 Å². The fraction of sp³-hybridized carbons (Fsp3) is 0.480. The Hall–Kier alpha value is -2.97. The van der Waals surface area contributed by atoms with Crippen LogP contribution in [0.5, 0.6) is 0 Å². The molecule has 0 aromatic heterocycles. The van der Waals surface area contributed by atoms with Crippen LogP contribution in [0.4, 0.5) is 0 Å². The highest BCUT2D eigenvalue weighted by atomic mass is 16.4. The lowest BCUT2D eigenvalue weighted by atomic mass is 9.99. The quantitative estimate of drug-likeness (QED) is 0.291. The fourth-order valence-electron chi connectivity index (χ4n) is 3.73. The third-order valence-corrected chi connectivity index (χ3v) is 5.51. The summed E-state index contributed by atoms with van der Waals surface area (Å²) in [5.74, 6) is -1.88. The summed E-state index contributed by atoms with van der Waals surface area (Å²) >= 11 is 0. The van der Waals surface area contributed by atoms with E-state index < -0.39 is 35.9 Å². The Balaban J connectivity index is 2.21. The van der Waals surface area contributed by atoms with Crippen molar-refractivity contribution in [1.29, 1.82) is 0 Å². The first-order valence-electron chi connectivity index (χ1n) is 11.5. The van der Waals surface area contributed by atoms with E-state index in [1.165, 1.54) is 0 Å². The summed E-state index contributed by atoms with van der Waals surface area (Å²) < 4.78 is 0. The Morgan fingerprint density at radius 3 is 2.24 bits per heavy atom. The zero-order chi connectivity index (χ0) is 24.4. The molecule has 0 fully saturated rings. The van der Waals surface area contributed by atoms with Gasteiger partial charge in [0.2, 0.25) is 11.8 Å². The standard InChI is InChI=1S/C25H36N4O4/c1-16(2)13-20(27)23(30)29-22(24(31)28-21(25(32)33)9-5-6-12-26)15-17-10-11-18-7-3-4-8-19(18)14-17/h3-4,7-8,10-11,14,16,20-22H,5-6,9,12-13,15,26-27H2,1-2H3,(H,28,31)(H,29,30)(H,32,33)/t20-,21-,22-/m0/s1. The van der Waals surface area contributed by atoms with Gasteiger partial charge in [0.1, 0.15) is 12.1 Å². The van der Waals surface area contributed by atoms with E-state index in [4.69, 9.17) is 11.5 Å². The van der Waals surface area contributed by atoms with Gasteiger partial charge >= 0.3 is 5.97 Å². The summed E-state index contributed by atoms with van der Waals surface area (Å²) in [4.78, 5) is 37.4. The van der Waals surface area contributed by atoms with Crippen molar-refractivity contribution in [2.24, 2.45) is 17.4 Å². The van der Waals surface area contributed by atoms with E-state index in [1.807, 2.05) is 56.3 Å². The first-order chi connectivity index (χ1) is 15.7. The first-order valence-corrected chi connectivity index (χ1v) is 11.5. The van der Waals surface area contributed by atoms with Crippen molar-refractivity contribution in [2.45, 2.75) is 64.1 Å². The third kappa shape index (κ3) is 8.47. The highest BCUT2D eigenvalue weighted by Gasteiger charge is 2.28. The molecule has 0 heterocycles. The van der Waals surface area contributed by atoms with E-state index in [1.54, 1.807) is 0 Å².